The number of hydrazine groups is 1. The summed E-state index contributed by atoms with van der Waals surface area (Å²) in [6.45, 7) is 0.632. The molecule has 0 aromatic heterocycles. The number of hydrogen-bond acceptors (Lipinski definition) is 5. The van der Waals surface area contributed by atoms with Crippen molar-refractivity contribution in [1.29, 1.82) is 0 Å². The highest BCUT2D eigenvalue weighted by molar-refractivity contribution is 6.02. The molecule has 0 aliphatic carbocycles. The maximum Gasteiger partial charge on any atom is 0.308 e. The van der Waals surface area contributed by atoms with E-state index in [1.54, 1.807) is 6.07 Å². The number of nitrogens with one attached hydrogen (secondary N) is 2. The van der Waals surface area contributed by atoms with Crippen LogP contribution in [0.1, 0.15) is 10.4 Å². The molecule has 0 unspecified atom stereocenters. The van der Waals surface area contributed by atoms with Crippen LogP contribution in [0.15, 0.2) is 48.4 Å². The highest BCUT2D eigenvalue weighted by Gasteiger charge is 2.17. The average molecular weight is 314 g/mol. The Labute approximate surface area is 131 Å². The predicted molar refractivity (Wildman–Crippen MR) is 81.2 cm³/mol. The number of fused-ring (bicyclic) bond motifs is 1. The van der Waals surface area contributed by atoms with Crippen molar-refractivity contribution in [2.75, 3.05) is 13.2 Å². The Morgan fingerprint density at radius 3 is 2.39 bits per heavy atom. The van der Waals surface area contributed by atoms with Gasteiger partial charge in [-0.3, -0.25) is 20.4 Å². The molecule has 2 aromatic carbocycles. The molecule has 3 rings (SSSR count). The first-order valence-corrected chi connectivity index (χ1v) is 6.92. The van der Waals surface area contributed by atoms with Gasteiger partial charge in [0.25, 0.3) is 5.91 Å². The summed E-state index contributed by atoms with van der Waals surface area (Å²) in [5, 5.41) is 11.6. The Bertz CT molecular complexity index is 800. The Balaban J connectivity index is 1.72. The van der Waals surface area contributed by atoms with Crippen LogP contribution in [-0.4, -0.2) is 30.1 Å². The summed E-state index contributed by atoms with van der Waals surface area (Å²) in [6, 6.07) is 10.4. The topological polar surface area (TPSA) is 96.9 Å². The fraction of sp³-hybridized carbons (Fsp3) is 0.125. The monoisotopic (exact) mass is 314 g/mol. The van der Waals surface area contributed by atoms with E-state index in [1.165, 1.54) is 12.3 Å². The van der Waals surface area contributed by atoms with E-state index in [4.69, 9.17) is 9.47 Å². The highest BCUT2D eigenvalue weighted by atomic mass is 16.6. The first-order chi connectivity index (χ1) is 11.1. The standard InChI is InChI=1S/C16H14N2O5/c19-13-8-11-4-2-1-3-10(11)7-12(13)15(20)17-18-16(21)14-9-22-5-6-23-14/h1-4,7-9,19H,5-6H2,(H,17,20)(H,18,21). The molecule has 2 aromatic rings. The zero-order chi connectivity index (χ0) is 16.2. The third-order valence-electron chi connectivity index (χ3n) is 3.27. The second kappa shape index (κ2) is 6.27. The number of carbonyl (C=O) groups excluding carboxylic acids is 2. The minimum atomic E-state index is -0.640. The number of aromatic hydroxyl groups is 1. The molecule has 0 bridgehead atoms. The van der Waals surface area contributed by atoms with E-state index >= 15 is 0 Å². The summed E-state index contributed by atoms with van der Waals surface area (Å²) in [4.78, 5) is 23.9. The van der Waals surface area contributed by atoms with Crippen LogP contribution in [0.2, 0.25) is 0 Å². The zero-order valence-corrected chi connectivity index (χ0v) is 12.0. The van der Waals surface area contributed by atoms with Crippen LogP contribution in [0.3, 0.4) is 0 Å². The van der Waals surface area contributed by atoms with Gasteiger partial charge in [-0.25, -0.2) is 0 Å². The first kappa shape index (κ1) is 14.7. The van der Waals surface area contributed by atoms with Crippen molar-refractivity contribution < 1.29 is 24.2 Å². The summed E-state index contributed by atoms with van der Waals surface area (Å²) in [5.74, 6) is -1.48. The molecule has 0 saturated carbocycles. The van der Waals surface area contributed by atoms with Crippen LogP contribution in [0.5, 0.6) is 5.75 Å². The molecule has 0 spiro atoms. The molecule has 0 atom stereocenters. The van der Waals surface area contributed by atoms with Gasteiger partial charge < -0.3 is 14.6 Å². The highest BCUT2D eigenvalue weighted by Crippen LogP contribution is 2.24. The number of phenols is 1. The maximum atomic E-state index is 12.1. The summed E-state index contributed by atoms with van der Waals surface area (Å²) < 4.78 is 10.0. The van der Waals surface area contributed by atoms with Crippen molar-refractivity contribution in [3.63, 3.8) is 0 Å². The Hall–Kier alpha value is -3.22. The van der Waals surface area contributed by atoms with Crippen molar-refractivity contribution in [2.45, 2.75) is 0 Å². The van der Waals surface area contributed by atoms with Crippen molar-refractivity contribution in [3.8, 4) is 5.75 Å². The molecule has 1 aliphatic rings. The van der Waals surface area contributed by atoms with Crippen LogP contribution in [0.4, 0.5) is 0 Å². The number of phenolic OH excluding ortho intramolecular Hbond substituents is 1. The number of ether oxygens (including phenoxy) is 2. The molecular formula is C16H14N2O5. The number of amides is 2. The number of carbonyl (C=O) groups is 2. The van der Waals surface area contributed by atoms with Crippen molar-refractivity contribution >= 4 is 22.6 Å². The quantitative estimate of drug-likeness (QED) is 0.724. The lowest BCUT2D eigenvalue weighted by atomic mass is 10.1. The van der Waals surface area contributed by atoms with Gasteiger partial charge in [0.15, 0.2) is 0 Å². The predicted octanol–water partition coefficient (Wildman–Crippen LogP) is 1.19. The minimum Gasteiger partial charge on any atom is -0.507 e. The number of hydrogen-bond donors (Lipinski definition) is 3. The molecule has 23 heavy (non-hydrogen) atoms. The molecule has 0 saturated heterocycles. The number of rotatable bonds is 2. The Morgan fingerprint density at radius 1 is 1.00 bits per heavy atom. The fourth-order valence-electron chi connectivity index (χ4n) is 2.14. The normalized spacial score (nSPS) is 13.5. The van der Waals surface area contributed by atoms with Crippen molar-refractivity contribution in [1.82, 2.24) is 10.9 Å². The molecule has 118 valence electrons. The van der Waals surface area contributed by atoms with Crippen LogP contribution >= 0.6 is 0 Å². The molecule has 1 heterocycles. The average Bonchev–Trinajstić information content (AvgIpc) is 2.59. The third-order valence-corrected chi connectivity index (χ3v) is 3.27. The van der Waals surface area contributed by atoms with Gasteiger partial charge in [0.05, 0.1) is 5.56 Å². The van der Waals surface area contributed by atoms with E-state index in [0.29, 0.717) is 6.61 Å². The molecular weight excluding hydrogens is 300 g/mol. The van der Waals surface area contributed by atoms with Gasteiger partial charge in [0, 0.05) is 0 Å². The van der Waals surface area contributed by atoms with E-state index in [-0.39, 0.29) is 23.7 Å². The van der Waals surface area contributed by atoms with Crippen molar-refractivity contribution in [3.05, 3.63) is 54.0 Å². The third kappa shape index (κ3) is 3.18. The fourth-order valence-corrected chi connectivity index (χ4v) is 2.14. The summed E-state index contributed by atoms with van der Waals surface area (Å²) in [5.41, 5.74) is 4.48. The van der Waals surface area contributed by atoms with Gasteiger partial charge in [0.1, 0.15) is 25.2 Å². The molecule has 7 heteroatoms. The van der Waals surface area contributed by atoms with Gasteiger partial charge in [-0.15, -0.1) is 0 Å². The maximum absolute atomic E-state index is 12.1. The summed E-state index contributed by atoms with van der Waals surface area (Å²) in [6.07, 6.45) is 1.18. The zero-order valence-electron chi connectivity index (χ0n) is 12.0. The van der Waals surface area contributed by atoms with E-state index in [9.17, 15) is 14.7 Å². The first-order valence-electron chi connectivity index (χ1n) is 6.92. The van der Waals surface area contributed by atoms with Crippen LogP contribution in [0.25, 0.3) is 10.8 Å². The largest absolute Gasteiger partial charge is 0.507 e. The van der Waals surface area contributed by atoms with Crippen LogP contribution in [-0.2, 0) is 14.3 Å². The SMILES string of the molecule is O=C(NNC(=O)c1cc2ccccc2cc1O)C1=COCCO1. The van der Waals surface area contributed by atoms with Crippen LogP contribution in [0, 0.1) is 0 Å². The van der Waals surface area contributed by atoms with Crippen LogP contribution < -0.4 is 10.9 Å². The molecule has 0 radical (unpaired) electrons. The lowest BCUT2D eigenvalue weighted by Crippen LogP contribution is -2.43. The van der Waals surface area contributed by atoms with Gasteiger partial charge in [0.2, 0.25) is 5.76 Å². The van der Waals surface area contributed by atoms with E-state index in [2.05, 4.69) is 10.9 Å². The lowest BCUT2D eigenvalue weighted by molar-refractivity contribution is -0.123. The van der Waals surface area contributed by atoms with Gasteiger partial charge in [-0.05, 0) is 22.9 Å². The Morgan fingerprint density at radius 2 is 1.70 bits per heavy atom. The smallest absolute Gasteiger partial charge is 0.308 e. The number of benzene rings is 2. The second-order valence-electron chi connectivity index (χ2n) is 4.83. The molecule has 2 amide bonds. The summed E-state index contributed by atoms with van der Waals surface area (Å²) in [7, 11) is 0. The summed E-state index contributed by atoms with van der Waals surface area (Å²) >= 11 is 0. The second-order valence-corrected chi connectivity index (χ2v) is 4.83. The minimum absolute atomic E-state index is 0.0284. The molecule has 7 nitrogen and oxygen atoms in total. The van der Waals surface area contributed by atoms with Gasteiger partial charge in [-0.1, -0.05) is 24.3 Å². The molecule has 0 fully saturated rings. The van der Waals surface area contributed by atoms with E-state index in [0.717, 1.165) is 10.8 Å². The lowest BCUT2D eigenvalue weighted by Gasteiger charge is -2.15. The van der Waals surface area contributed by atoms with E-state index in [1.807, 2.05) is 24.3 Å². The van der Waals surface area contributed by atoms with Gasteiger partial charge in [-0.2, -0.15) is 0 Å². The van der Waals surface area contributed by atoms with E-state index < -0.39 is 11.8 Å². The van der Waals surface area contributed by atoms with Crippen molar-refractivity contribution in [2.24, 2.45) is 0 Å². The Kier molecular flexibility index (Phi) is 4.01. The molecule has 1 aliphatic heterocycles. The molecule has 3 N–H and O–H groups in total. The van der Waals surface area contributed by atoms with Gasteiger partial charge >= 0.3 is 5.91 Å².